The van der Waals surface area contributed by atoms with Gasteiger partial charge in [-0.05, 0) is 36.8 Å². The van der Waals surface area contributed by atoms with Crippen molar-refractivity contribution in [3.05, 3.63) is 83.3 Å². The Balaban J connectivity index is 1.49. The number of carbonyl (C=O) groups is 1. The number of aryl methyl sites for hydroxylation is 2. The molecule has 0 fully saturated rings. The molecule has 8 heteroatoms. The first-order chi connectivity index (χ1) is 19.1. The van der Waals surface area contributed by atoms with Gasteiger partial charge in [0.15, 0.2) is 0 Å². The van der Waals surface area contributed by atoms with Gasteiger partial charge in [-0.25, -0.2) is 4.79 Å². The molecule has 2 aromatic heterocycles. The maximum absolute atomic E-state index is 13.0. The molecule has 2 N–H and O–H groups in total. The third kappa shape index (κ3) is 5.13. The third-order valence-corrected chi connectivity index (χ3v) is 6.94. The van der Waals surface area contributed by atoms with Crippen molar-refractivity contribution in [3.8, 4) is 16.9 Å². The summed E-state index contributed by atoms with van der Waals surface area (Å²) in [6.45, 7) is 2.69. The van der Waals surface area contributed by atoms with E-state index < -0.39 is 5.97 Å². The second-order valence-corrected chi connectivity index (χ2v) is 9.34. The van der Waals surface area contributed by atoms with Crippen LogP contribution in [0, 0.1) is 0 Å². The molecule has 0 saturated carbocycles. The van der Waals surface area contributed by atoms with Crippen molar-refractivity contribution >= 4 is 27.6 Å². The highest BCUT2D eigenvalue weighted by Gasteiger charge is 2.24. The SMILES string of the molecule is CCOC(=O)c1[nH]c2c(-c3c(COC)nn(C)c3CO)cccc2c1CCCOc1cccc2ccccc12. The summed E-state index contributed by atoms with van der Waals surface area (Å²) in [5.41, 5.74) is 5.16. The number of carbonyl (C=O) groups excluding carboxylic acids is 1. The van der Waals surface area contributed by atoms with Crippen LogP contribution in [-0.4, -0.2) is 46.2 Å². The van der Waals surface area contributed by atoms with E-state index in [0.717, 1.165) is 44.1 Å². The Labute approximate surface area is 227 Å². The number of aromatic nitrogens is 3. The molecule has 0 unspecified atom stereocenters. The van der Waals surface area contributed by atoms with Gasteiger partial charge in [0.25, 0.3) is 0 Å². The number of ether oxygens (including phenoxy) is 3. The zero-order valence-electron chi connectivity index (χ0n) is 22.5. The van der Waals surface area contributed by atoms with Gasteiger partial charge in [-0.2, -0.15) is 5.10 Å². The minimum atomic E-state index is -0.393. The molecule has 39 heavy (non-hydrogen) atoms. The number of rotatable bonds is 11. The molecule has 0 atom stereocenters. The van der Waals surface area contributed by atoms with Gasteiger partial charge in [0, 0.05) is 36.1 Å². The van der Waals surface area contributed by atoms with E-state index in [2.05, 4.69) is 28.3 Å². The number of nitrogens with one attached hydrogen (secondary N) is 1. The van der Waals surface area contributed by atoms with E-state index in [4.69, 9.17) is 14.2 Å². The Hall–Kier alpha value is -4.14. The van der Waals surface area contributed by atoms with Crippen LogP contribution in [-0.2, 0) is 36.2 Å². The van der Waals surface area contributed by atoms with Crippen molar-refractivity contribution in [2.24, 2.45) is 7.05 Å². The Morgan fingerprint density at radius 3 is 2.62 bits per heavy atom. The van der Waals surface area contributed by atoms with Crippen LogP contribution in [0.15, 0.2) is 60.7 Å². The highest BCUT2D eigenvalue weighted by atomic mass is 16.5. The van der Waals surface area contributed by atoms with Crippen LogP contribution in [0.2, 0.25) is 0 Å². The third-order valence-electron chi connectivity index (χ3n) is 6.94. The number of hydrogen-bond donors (Lipinski definition) is 2. The second-order valence-electron chi connectivity index (χ2n) is 9.34. The molecular formula is C31H33N3O5. The van der Waals surface area contributed by atoms with E-state index >= 15 is 0 Å². The van der Waals surface area contributed by atoms with Crippen LogP contribution in [0.3, 0.4) is 0 Å². The maximum Gasteiger partial charge on any atom is 0.355 e. The quantitative estimate of drug-likeness (QED) is 0.173. The van der Waals surface area contributed by atoms with Crippen molar-refractivity contribution in [3.63, 3.8) is 0 Å². The topological polar surface area (TPSA) is 98.6 Å². The number of esters is 1. The van der Waals surface area contributed by atoms with Gasteiger partial charge in [0.1, 0.15) is 11.4 Å². The number of fused-ring (bicyclic) bond motifs is 2. The summed E-state index contributed by atoms with van der Waals surface area (Å²) in [5, 5.41) is 17.8. The zero-order valence-corrected chi connectivity index (χ0v) is 22.5. The number of aromatic amines is 1. The molecule has 5 aromatic rings. The number of H-pyrrole nitrogens is 1. The summed E-state index contributed by atoms with van der Waals surface area (Å²) in [7, 11) is 3.41. The van der Waals surface area contributed by atoms with E-state index in [9.17, 15) is 9.90 Å². The maximum atomic E-state index is 13.0. The summed E-state index contributed by atoms with van der Waals surface area (Å²) < 4.78 is 18.6. The molecule has 5 rings (SSSR count). The first-order valence-electron chi connectivity index (χ1n) is 13.1. The number of aliphatic hydroxyl groups is 1. The number of para-hydroxylation sites is 1. The highest BCUT2D eigenvalue weighted by Crippen LogP contribution is 2.36. The van der Waals surface area contributed by atoms with Crippen LogP contribution < -0.4 is 4.74 Å². The molecule has 0 amide bonds. The fraction of sp³-hybridized carbons (Fsp3) is 0.290. The number of hydrogen-bond acceptors (Lipinski definition) is 6. The molecule has 0 saturated heterocycles. The standard InChI is InChI=1S/C31H33N3O5/c1-4-38-31(36)30-23(15-9-17-39-27-16-7-11-20-10-5-6-12-21(20)27)22-13-8-14-24(29(22)32-30)28-25(19-37-3)33-34(2)26(28)18-35/h5-8,10-14,16,32,35H,4,9,15,17-19H2,1-3H3. The van der Waals surface area contributed by atoms with E-state index in [1.165, 1.54) is 0 Å². The summed E-state index contributed by atoms with van der Waals surface area (Å²) in [6, 6.07) is 20.1. The first kappa shape index (κ1) is 26.5. The minimum absolute atomic E-state index is 0.178. The van der Waals surface area contributed by atoms with E-state index in [1.54, 1.807) is 25.8 Å². The fourth-order valence-corrected chi connectivity index (χ4v) is 5.22. The van der Waals surface area contributed by atoms with Gasteiger partial charge >= 0.3 is 5.97 Å². The molecule has 0 aliphatic heterocycles. The summed E-state index contributed by atoms with van der Waals surface area (Å²) >= 11 is 0. The van der Waals surface area contributed by atoms with Crippen LogP contribution in [0.1, 0.15) is 40.8 Å². The van der Waals surface area contributed by atoms with Crippen molar-refractivity contribution in [2.45, 2.75) is 33.0 Å². The Morgan fingerprint density at radius 2 is 1.82 bits per heavy atom. The molecular weight excluding hydrogens is 494 g/mol. The fourth-order valence-electron chi connectivity index (χ4n) is 5.22. The summed E-state index contributed by atoms with van der Waals surface area (Å²) in [5.74, 6) is 0.453. The van der Waals surface area contributed by atoms with Crippen LogP contribution >= 0.6 is 0 Å². The van der Waals surface area contributed by atoms with Gasteiger partial charge in [-0.3, -0.25) is 4.68 Å². The Bertz CT molecular complexity index is 1610. The minimum Gasteiger partial charge on any atom is -0.493 e. The van der Waals surface area contributed by atoms with Crippen molar-refractivity contribution < 1.29 is 24.1 Å². The molecule has 0 radical (unpaired) electrons. The number of benzene rings is 3. The van der Waals surface area contributed by atoms with Gasteiger partial charge < -0.3 is 24.3 Å². The van der Waals surface area contributed by atoms with Gasteiger partial charge in [-0.1, -0.05) is 54.6 Å². The number of nitrogens with zero attached hydrogens (tertiary/aromatic N) is 2. The molecule has 0 bridgehead atoms. The van der Waals surface area contributed by atoms with Crippen molar-refractivity contribution in [1.29, 1.82) is 0 Å². The smallest absolute Gasteiger partial charge is 0.355 e. The van der Waals surface area contributed by atoms with E-state index in [0.29, 0.717) is 43.1 Å². The zero-order chi connectivity index (χ0) is 27.4. The normalized spacial score (nSPS) is 11.4. The van der Waals surface area contributed by atoms with Crippen molar-refractivity contribution in [1.82, 2.24) is 14.8 Å². The Kier molecular flexibility index (Phi) is 7.95. The molecule has 0 aliphatic carbocycles. The predicted octanol–water partition coefficient (Wildman–Crippen LogP) is 5.55. The monoisotopic (exact) mass is 527 g/mol. The van der Waals surface area contributed by atoms with E-state index in [-0.39, 0.29) is 13.2 Å². The molecule has 0 aliphatic rings. The van der Waals surface area contributed by atoms with Crippen LogP contribution in [0.5, 0.6) is 5.75 Å². The lowest BCUT2D eigenvalue weighted by molar-refractivity contribution is 0.0519. The largest absolute Gasteiger partial charge is 0.493 e. The Morgan fingerprint density at radius 1 is 1.05 bits per heavy atom. The lowest BCUT2D eigenvalue weighted by atomic mass is 9.98. The van der Waals surface area contributed by atoms with E-state index in [1.807, 2.05) is 42.5 Å². The van der Waals surface area contributed by atoms with Gasteiger partial charge in [0.2, 0.25) is 0 Å². The average molecular weight is 528 g/mol. The molecule has 8 nitrogen and oxygen atoms in total. The van der Waals surface area contributed by atoms with Crippen LogP contribution in [0.4, 0.5) is 0 Å². The molecule has 202 valence electrons. The molecule has 0 spiro atoms. The highest BCUT2D eigenvalue weighted by molar-refractivity contribution is 6.04. The predicted molar refractivity (Wildman–Crippen MR) is 151 cm³/mol. The lowest BCUT2D eigenvalue weighted by Crippen LogP contribution is -2.09. The lowest BCUT2D eigenvalue weighted by Gasteiger charge is -2.10. The average Bonchev–Trinajstić information content (AvgIpc) is 3.48. The number of methoxy groups -OCH3 is 1. The summed E-state index contributed by atoms with van der Waals surface area (Å²) in [4.78, 5) is 16.4. The van der Waals surface area contributed by atoms with Gasteiger partial charge in [-0.15, -0.1) is 0 Å². The second kappa shape index (κ2) is 11.7. The van der Waals surface area contributed by atoms with Gasteiger partial charge in [0.05, 0.1) is 43.3 Å². The molecule has 3 aromatic carbocycles. The first-order valence-corrected chi connectivity index (χ1v) is 13.1. The van der Waals surface area contributed by atoms with Crippen molar-refractivity contribution in [2.75, 3.05) is 20.3 Å². The number of aliphatic hydroxyl groups excluding tert-OH is 1. The summed E-state index contributed by atoms with van der Waals surface area (Å²) in [6.07, 6.45) is 1.32. The molecule has 2 heterocycles. The van der Waals surface area contributed by atoms with Crippen LogP contribution in [0.25, 0.3) is 32.8 Å².